The van der Waals surface area contributed by atoms with Gasteiger partial charge in [-0.3, -0.25) is 9.98 Å². The molecule has 0 aliphatic heterocycles. The summed E-state index contributed by atoms with van der Waals surface area (Å²) in [6, 6.07) is 11.8. The number of hydrogen-bond donors (Lipinski definition) is 2. The first kappa shape index (κ1) is 18.7. The van der Waals surface area contributed by atoms with Crippen molar-refractivity contribution in [2.24, 2.45) is 4.99 Å². The van der Waals surface area contributed by atoms with Gasteiger partial charge in [-0.05, 0) is 30.2 Å². The number of rotatable bonds is 9. The van der Waals surface area contributed by atoms with Crippen LogP contribution in [0.2, 0.25) is 0 Å². The molecule has 25 heavy (non-hydrogen) atoms. The first-order chi connectivity index (χ1) is 12.3. The molecular weight excluding hydrogens is 316 g/mol. The standard InChI is InChI=1S/C19H26N4O2/c1-20-19(22-11-9-16-6-4-10-21-15-16)23-17-7-3-8-18(14-17)25-13-5-12-24-2/h3-4,6-8,10,14-15H,5,9,11-13H2,1-2H3,(H2,20,22,23). The number of nitrogens with one attached hydrogen (secondary N) is 2. The number of methoxy groups -OCH3 is 1. The second-order valence-electron chi connectivity index (χ2n) is 5.46. The molecule has 6 nitrogen and oxygen atoms in total. The molecule has 134 valence electrons. The molecule has 0 saturated heterocycles. The topological polar surface area (TPSA) is 67.8 Å². The van der Waals surface area contributed by atoms with E-state index < -0.39 is 0 Å². The number of nitrogens with zero attached hydrogens (tertiary/aromatic N) is 2. The highest BCUT2D eigenvalue weighted by molar-refractivity contribution is 5.93. The van der Waals surface area contributed by atoms with Crippen molar-refractivity contribution in [1.82, 2.24) is 10.3 Å². The number of aromatic nitrogens is 1. The fourth-order valence-corrected chi connectivity index (χ4v) is 2.24. The summed E-state index contributed by atoms with van der Waals surface area (Å²) in [6.07, 6.45) is 5.41. The third kappa shape index (κ3) is 7.22. The van der Waals surface area contributed by atoms with E-state index in [0.717, 1.165) is 36.8 Å². The molecule has 0 radical (unpaired) electrons. The summed E-state index contributed by atoms with van der Waals surface area (Å²) in [4.78, 5) is 8.37. The minimum absolute atomic E-state index is 0.634. The van der Waals surface area contributed by atoms with Gasteiger partial charge in [-0.2, -0.15) is 0 Å². The Labute approximate surface area is 149 Å². The fourth-order valence-electron chi connectivity index (χ4n) is 2.24. The Morgan fingerprint density at radius 3 is 2.88 bits per heavy atom. The highest BCUT2D eigenvalue weighted by Gasteiger charge is 2.02. The number of anilines is 1. The van der Waals surface area contributed by atoms with Crippen LogP contribution < -0.4 is 15.4 Å². The van der Waals surface area contributed by atoms with E-state index in [9.17, 15) is 0 Å². The fraction of sp³-hybridized carbons (Fsp3) is 0.368. The number of guanidine groups is 1. The lowest BCUT2D eigenvalue weighted by Crippen LogP contribution is -2.32. The molecule has 0 spiro atoms. The maximum atomic E-state index is 5.72. The number of hydrogen-bond acceptors (Lipinski definition) is 4. The molecule has 6 heteroatoms. The Bertz CT molecular complexity index is 647. The number of pyridine rings is 1. The van der Waals surface area contributed by atoms with E-state index in [4.69, 9.17) is 9.47 Å². The third-order valence-electron chi connectivity index (χ3n) is 3.51. The van der Waals surface area contributed by atoms with E-state index in [1.807, 2.05) is 36.5 Å². The van der Waals surface area contributed by atoms with Gasteiger partial charge in [-0.1, -0.05) is 12.1 Å². The van der Waals surface area contributed by atoms with Gasteiger partial charge in [0.05, 0.1) is 6.61 Å². The maximum absolute atomic E-state index is 5.72. The Kier molecular flexibility index (Phi) is 8.27. The van der Waals surface area contributed by atoms with Gasteiger partial charge in [0.1, 0.15) is 5.75 Å². The molecule has 0 bridgehead atoms. The smallest absolute Gasteiger partial charge is 0.195 e. The highest BCUT2D eigenvalue weighted by atomic mass is 16.5. The Morgan fingerprint density at radius 1 is 1.20 bits per heavy atom. The van der Waals surface area contributed by atoms with Crippen molar-refractivity contribution in [2.45, 2.75) is 12.8 Å². The van der Waals surface area contributed by atoms with Crippen LogP contribution in [0.25, 0.3) is 0 Å². The zero-order chi connectivity index (χ0) is 17.7. The molecule has 2 rings (SSSR count). The van der Waals surface area contributed by atoms with Crippen LogP contribution in [0, 0.1) is 0 Å². The SMILES string of the molecule is CN=C(NCCc1cccnc1)Nc1cccc(OCCCOC)c1. The van der Waals surface area contributed by atoms with E-state index in [0.29, 0.717) is 13.2 Å². The second-order valence-corrected chi connectivity index (χ2v) is 5.46. The zero-order valence-corrected chi connectivity index (χ0v) is 14.9. The van der Waals surface area contributed by atoms with E-state index in [1.54, 1.807) is 20.4 Å². The Hall–Kier alpha value is -2.60. The van der Waals surface area contributed by atoms with Crippen LogP contribution in [0.15, 0.2) is 53.8 Å². The van der Waals surface area contributed by atoms with Gasteiger partial charge >= 0.3 is 0 Å². The molecule has 0 saturated carbocycles. The molecule has 0 atom stereocenters. The molecule has 0 unspecified atom stereocenters. The molecule has 0 aliphatic rings. The predicted octanol–water partition coefficient (Wildman–Crippen LogP) is 2.73. The van der Waals surface area contributed by atoms with Gasteiger partial charge in [-0.15, -0.1) is 0 Å². The number of benzene rings is 1. The summed E-state index contributed by atoms with van der Waals surface area (Å²) in [5, 5.41) is 6.58. The van der Waals surface area contributed by atoms with Gasteiger partial charge < -0.3 is 20.1 Å². The van der Waals surface area contributed by atoms with Crippen LogP contribution in [-0.2, 0) is 11.2 Å². The normalized spacial score (nSPS) is 11.2. The van der Waals surface area contributed by atoms with Gasteiger partial charge in [0.15, 0.2) is 5.96 Å². The molecule has 2 aromatic rings. The van der Waals surface area contributed by atoms with Gasteiger partial charge in [0.2, 0.25) is 0 Å². The van der Waals surface area contributed by atoms with Gasteiger partial charge in [-0.25, -0.2) is 0 Å². The highest BCUT2D eigenvalue weighted by Crippen LogP contribution is 2.17. The summed E-state index contributed by atoms with van der Waals surface area (Å²) >= 11 is 0. The molecular formula is C19H26N4O2. The van der Waals surface area contributed by atoms with Crippen molar-refractivity contribution in [3.8, 4) is 5.75 Å². The van der Waals surface area contributed by atoms with Crippen molar-refractivity contribution in [1.29, 1.82) is 0 Å². The van der Waals surface area contributed by atoms with Crippen molar-refractivity contribution in [2.75, 3.05) is 39.2 Å². The van der Waals surface area contributed by atoms with Gasteiger partial charge in [0, 0.05) is 57.9 Å². The van der Waals surface area contributed by atoms with Crippen LogP contribution >= 0.6 is 0 Å². The first-order valence-electron chi connectivity index (χ1n) is 8.40. The second kappa shape index (κ2) is 11.0. The largest absolute Gasteiger partial charge is 0.493 e. The van der Waals surface area contributed by atoms with Crippen molar-refractivity contribution < 1.29 is 9.47 Å². The zero-order valence-electron chi connectivity index (χ0n) is 14.9. The Morgan fingerprint density at radius 2 is 2.12 bits per heavy atom. The summed E-state index contributed by atoms with van der Waals surface area (Å²) in [5.74, 6) is 1.55. The lowest BCUT2D eigenvalue weighted by molar-refractivity contribution is 0.172. The average Bonchev–Trinajstić information content (AvgIpc) is 2.66. The van der Waals surface area contributed by atoms with Crippen LogP contribution in [0.1, 0.15) is 12.0 Å². The average molecular weight is 342 g/mol. The molecule has 1 aromatic carbocycles. The lowest BCUT2D eigenvalue weighted by Gasteiger charge is -2.13. The van der Waals surface area contributed by atoms with E-state index in [1.165, 1.54) is 5.56 Å². The van der Waals surface area contributed by atoms with Crippen LogP contribution in [0.4, 0.5) is 5.69 Å². The number of ether oxygens (including phenoxy) is 2. The monoisotopic (exact) mass is 342 g/mol. The minimum Gasteiger partial charge on any atom is -0.493 e. The molecule has 1 aromatic heterocycles. The minimum atomic E-state index is 0.634. The third-order valence-corrected chi connectivity index (χ3v) is 3.51. The summed E-state index contributed by atoms with van der Waals surface area (Å²) in [6.45, 7) is 2.11. The van der Waals surface area contributed by atoms with Crippen LogP contribution in [-0.4, -0.2) is 44.9 Å². The van der Waals surface area contributed by atoms with E-state index in [-0.39, 0.29) is 0 Å². The molecule has 2 N–H and O–H groups in total. The van der Waals surface area contributed by atoms with Crippen molar-refractivity contribution >= 4 is 11.6 Å². The molecule has 0 amide bonds. The molecule has 0 aliphatic carbocycles. The molecule has 1 heterocycles. The van der Waals surface area contributed by atoms with Crippen LogP contribution in [0.5, 0.6) is 5.75 Å². The van der Waals surface area contributed by atoms with Gasteiger partial charge in [0.25, 0.3) is 0 Å². The van der Waals surface area contributed by atoms with Crippen molar-refractivity contribution in [3.63, 3.8) is 0 Å². The summed E-state index contributed by atoms with van der Waals surface area (Å²) in [7, 11) is 3.45. The first-order valence-corrected chi connectivity index (χ1v) is 8.40. The Balaban J connectivity index is 1.80. The maximum Gasteiger partial charge on any atom is 0.195 e. The summed E-state index contributed by atoms with van der Waals surface area (Å²) in [5.41, 5.74) is 2.12. The van der Waals surface area contributed by atoms with Crippen molar-refractivity contribution in [3.05, 3.63) is 54.4 Å². The summed E-state index contributed by atoms with van der Waals surface area (Å²) < 4.78 is 10.7. The predicted molar refractivity (Wildman–Crippen MR) is 101 cm³/mol. The molecule has 0 fully saturated rings. The quantitative estimate of drug-likeness (QED) is 0.417. The van der Waals surface area contributed by atoms with E-state index >= 15 is 0 Å². The number of aliphatic imine (C=N–C) groups is 1. The van der Waals surface area contributed by atoms with E-state index in [2.05, 4.69) is 26.7 Å². The lowest BCUT2D eigenvalue weighted by atomic mass is 10.2. The van der Waals surface area contributed by atoms with Crippen LogP contribution in [0.3, 0.4) is 0 Å².